The van der Waals surface area contributed by atoms with E-state index in [0.29, 0.717) is 31.0 Å². The van der Waals surface area contributed by atoms with E-state index in [0.717, 1.165) is 5.56 Å². The monoisotopic (exact) mass is 280 g/mol. The number of amides is 1. The zero-order valence-electron chi connectivity index (χ0n) is 12.7. The predicted molar refractivity (Wildman–Crippen MR) is 78.9 cm³/mol. The highest BCUT2D eigenvalue weighted by molar-refractivity contribution is 5.78. The number of carbonyl (C=O) groups excluding carboxylic acids is 1. The van der Waals surface area contributed by atoms with Crippen LogP contribution in [0.1, 0.15) is 18.9 Å². The van der Waals surface area contributed by atoms with Gasteiger partial charge in [-0.1, -0.05) is 19.1 Å². The minimum atomic E-state index is -0.0680. The Morgan fingerprint density at radius 1 is 1.35 bits per heavy atom. The SMILES string of the molecule is COc1cccc(CN(C)C(=O)C(C)CCN)c1OC. The summed E-state index contributed by atoms with van der Waals surface area (Å²) in [6.07, 6.45) is 0.693. The van der Waals surface area contributed by atoms with Crippen molar-refractivity contribution in [3.05, 3.63) is 23.8 Å². The smallest absolute Gasteiger partial charge is 0.225 e. The summed E-state index contributed by atoms with van der Waals surface area (Å²) in [6, 6.07) is 5.65. The third kappa shape index (κ3) is 3.87. The highest BCUT2D eigenvalue weighted by Gasteiger charge is 2.19. The van der Waals surface area contributed by atoms with Crippen molar-refractivity contribution in [2.24, 2.45) is 11.7 Å². The second-order valence-electron chi connectivity index (χ2n) is 4.83. The Bertz CT molecular complexity index is 449. The molecule has 1 aromatic carbocycles. The second kappa shape index (κ2) is 7.75. The van der Waals surface area contributed by atoms with E-state index in [-0.39, 0.29) is 11.8 Å². The molecule has 1 rings (SSSR count). The molecule has 0 saturated heterocycles. The molecule has 5 heteroatoms. The summed E-state index contributed by atoms with van der Waals surface area (Å²) in [7, 11) is 4.98. The molecule has 1 atom stereocenters. The van der Waals surface area contributed by atoms with Crippen LogP contribution in [0.5, 0.6) is 11.5 Å². The van der Waals surface area contributed by atoms with Crippen LogP contribution in [0.25, 0.3) is 0 Å². The average Bonchev–Trinajstić information content (AvgIpc) is 2.46. The topological polar surface area (TPSA) is 64.8 Å². The molecule has 0 heterocycles. The van der Waals surface area contributed by atoms with Crippen molar-refractivity contribution >= 4 is 5.91 Å². The zero-order valence-corrected chi connectivity index (χ0v) is 12.7. The van der Waals surface area contributed by atoms with E-state index in [9.17, 15) is 4.79 Å². The molecule has 0 fully saturated rings. The van der Waals surface area contributed by atoms with Gasteiger partial charge in [0.1, 0.15) is 0 Å². The number of hydrogen-bond acceptors (Lipinski definition) is 4. The van der Waals surface area contributed by atoms with Gasteiger partial charge < -0.3 is 20.1 Å². The van der Waals surface area contributed by atoms with Crippen molar-refractivity contribution in [3.63, 3.8) is 0 Å². The molecule has 112 valence electrons. The van der Waals surface area contributed by atoms with Gasteiger partial charge in [-0.2, -0.15) is 0 Å². The first kappa shape index (κ1) is 16.3. The number of nitrogens with two attached hydrogens (primary N) is 1. The highest BCUT2D eigenvalue weighted by Crippen LogP contribution is 2.31. The van der Waals surface area contributed by atoms with Crippen molar-refractivity contribution in [3.8, 4) is 11.5 Å². The fourth-order valence-corrected chi connectivity index (χ4v) is 2.16. The predicted octanol–water partition coefficient (Wildman–Crippen LogP) is 1.65. The third-order valence-electron chi connectivity index (χ3n) is 3.29. The number of rotatable bonds is 7. The lowest BCUT2D eigenvalue weighted by atomic mass is 10.1. The number of nitrogens with zero attached hydrogens (tertiary/aromatic N) is 1. The molecule has 1 amide bonds. The molecule has 0 aliphatic heterocycles. The Balaban J connectivity index is 2.85. The van der Waals surface area contributed by atoms with E-state index in [1.54, 1.807) is 26.2 Å². The molecule has 1 aromatic rings. The van der Waals surface area contributed by atoms with E-state index in [1.165, 1.54) is 0 Å². The van der Waals surface area contributed by atoms with Crippen LogP contribution < -0.4 is 15.2 Å². The average molecular weight is 280 g/mol. The minimum absolute atomic E-state index is 0.0680. The first-order chi connectivity index (χ1) is 9.54. The van der Waals surface area contributed by atoms with Crippen molar-refractivity contribution in [2.45, 2.75) is 19.9 Å². The van der Waals surface area contributed by atoms with Gasteiger partial charge in [-0.15, -0.1) is 0 Å². The van der Waals surface area contributed by atoms with Crippen LogP contribution in [0.15, 0.2) is 18.2 Å². The molecule has 0 bridgehead atoms. The van der Waals surface area contributed by atoms with Crippen molar-refractivity contribution in [1.29, 1.82) is 0 Å². The van der Waals surface area contributed by atoms with E-state index in [4.69, 9.17) is 15.2 Å². The number of hydrogen-bond donors (Lipinski definition) is 1. The van der Waals surface area contributed by atoms with E-state index >= 15 is 0 Å². The molecular formula is C15H24N2O3. The summed E-state index contributed by atoms with van der Waals surface area (Å²) in [4.78, 5) is 13.9. The Labute approximate surface area is 120 Å². The van der Waals surface area contributed by atoms with Gasteiger partial charge >= 0.3 is 0 Å². The summed E-state index contributed by atoms with van der Waals surface area (Å²) in [5, 5.41) is 0. The van der Waals surface area contributed by atoms with Crippen LogP contribution in [-0.2, 0) is 11.3 Å². The molecule has 5 nitrogen and oxygen atoms in total. The van der Waals surface area contributed by atoms with E-state index in [2.05, 4.69) is 0 Å². The number of ether oxygens (including phenoxy) is 2. The second-order valence-corrected chi connectivity index (χ2v) is 4.83. The van der Waals surface area contributed by atoms with Crippen LogP contribution >= 0.6 is 0 Å². The zero-order chi connectivity index (χ0) is 15.1. The molecule has 0 spiro atoms. The Morgan fingerprint density at radius 3 is 2.60 bits per heavy atom. The molecule has 0 radical (unpaired) electrons. The number of para-hydroxylation sites is 1. The van der Waals surface area contributed by atoms with Crippen LogP contribution in [-0.4, -0.2) is 38.6 Å². The number of carbonyl (C=O) groups is 1. The van der Waals surface area contributed by atoms with Gasteiger partial charge in [0.2, 0.25) is 5.91 Å². The molecule has 0 saturated carbocycles. The number of benzene rings is 1. The quantitative estimate of drug-likeness (QED) is 0.824. The summed E-state index contributed by atoms with van der Waals surface area (Å²) in [5.74, 6) is 1.35. The van der Waals surface area contributed by atoms with E-state index in [1.807, 2.05) is 25.1 Å². The lowest BCUT2D eigenvalue weighted by Crippen LogP contribution is -2.32. The van der Waals surface area contributed by atoms with Gasteiger partial charge in [0.15, 0.2) is 11.5 Å². The lowest BCUT2D eigenvalue weighted by Gasteiger charge is -2.22. The summed E-state index contributed by atoms with van der Waals surface area (Å²) in [5.41, 5.74) is 6.42. The van der Waals surface area contributed by atoms with Crippen LogP contribution in [0, 0.1) is 5.92 Å². The summed E-state index contributed by atoms with van der Waals surface area (Å²) in [6.45, 7) is 2.89. The fourth-order valence-electron chi connectivity index (χ4n) is 2.16. The Kier molecular flexibility index (Phi) is 6.31. The maximum Gasteiger partial charge on any atom is 0.225 e. The van der Waals surface area contributed by atoms with Gasteiger partial charge in [-0.3, -0.25) is 4.79 Å². The lowest BCUT2D eigenvalue weighted by molar-refractivity contribution is -0.134. The van der Waals surface area contributed by atoms with Crippen molar-refractivity contribution in [2.75, 3.05) is 27.8 Å². The Morgan fingerprint density at radius 2 is 2.05 bits per heavy atom. The molecule has 0 aromatic heterocycles. The van der Waals surface area contributed by atoms with Gasteiger partial charge in [0.05, 0.1) is 14.2 Å². The van der Waals surface area contributed by atoms with Gasteiger partial charge in [-0.05, 0) is 19.0 Å². The summed E-state index contributed by atoms with van der Waals surface area (Å²) >= 11 is 0. The largest absolute Gasteiger partial charge is 0.493 e. The fraction of sp³-hybridized carbons (Fsp3) is 0.533. The molecule has 20 heavy (non-hydrogen) atoms. The highest BCUT2D eigenvalue weighted by atomic mass is 16.5. The van der Waals surface area contributed by atoms with Crippen molar-refractivity contribution in [1.82, 2.24) is 4.90 Å². The third-order valence-corrected chi connectivity index (χ3v) is 3.29. The number of methoxy groups -OCH3 is 2. The standard InChI is InChI=1S/C15H24N2O3/c1-11(8-9-16)15(18)17(2)10-12-6-5-7-13(19-3)14(12)20-4/h5-7,11H,8-10,16H2,1-4H3. The summed E-state index contributed by atoms with van der Waals surface area (Å²) < 4.78 is 10.6. The van der Waals surface area contributed by atoms with Crippen LogP contribution in [0.3, 0.4) is 0 Å². The molecule has 0 aliphatic rings. The minimum Gasteiger partial charge on any atom is -0.493 e. The van der Waals surface area contributed by atoms with Gasteiger partial charge in [-0.25, -0.2) is 0 Å². The van der Waals surface area contributed by atoms with Crippen LogP contribution in [0.2, 0.25) is 0 Å². The van der Waals surface area contributed by atoms with Gasteiger partial charge in [0, 0.05) is 25.1 Å². The maximum atomic E-state index is 12.2. The van der Waals surface area contributed by atoms with Crippen LogP contribution in [0.4, 0.5) is 0 Å². The Hall–Kier alpha value is -1.75. The molecule has 2 N–H and O–H groups in total. The molecule has 1 unspecified atom stereocenters. The molecule has 0 aliphatic carbocycles. The van der Waals surface area contributed by atoms with E-state index < -0.39 is 0 Å². The van der Waals surface area contributed by atoms with Crippen molar-refractivity contribution < 1.29 is 14.3 Å². The normalized spacial score (nSPS) is 11.8. The molecular weight excluding hydrogens is 256 g/mol. The maximum absolute atomic E-state index is 12.2. The van der Waals surface area contributed by atoms with Gasteiger partial charge in [0.25, 0.3) is 0 Å². The first-order valence-corrected chi connectivity index (χ1v) is 6.70. The first-order valence-electron chi connectivity index (χ1n) is 6.70.